The number of carboxylic acids is 1. The molecule has 0 radical (unpaired) electrons. The van der Waals surface area contributed by atoms with Crippen molar-refractivity contribution in [2.45, 2.75) is 6.42 Å². The zero-order valence-corrected chi connectivity index (χ0v) is 8.83. The fraction of sp³-hybridized carbons (Fsp3) is 0.0833. The first kappa shape index (κ1) is 9.93. The molecule has 0 aliphatic heterocycles. The Balaban J connectivity index is 2.21. The third-order valence-corrected chi connectivity index (χ3v) is 3.03. The Morgan fingerprint density at radius 2 is 1.93 bits per heavy atom. The Hall–Kier alpha value is -1.61. The van der Waals surface area contributed by atoms with Crippen LogP contribution in [0.25, 0.3) is 10.4 Å². The number of rotatable bonds is 3. The number of benzene rings is 1. The molecule has 0 atom stereocenters. The van der Waals surface area contributed by atoms with Gasteiger partial charge in [-0.1, -0.05) is 30.3 Å². The molecule has 1 aromatic carbocycles. The molecule has 15 heavy (non-hydrogen) atoms. The number of thiophene rings is 1. The smallest absolute Gasteiger partial charge is 0.307 e. The van der Waals surface area contributed by atoms with Gasteiger partial charge in [-0.3, -0.25) is 4.79 Å². The molecule has 0 saturated carbocycles. The fourth-order valence-corrected chi connectivity index (χ4v) is 2.14. The quantitative estimate of drug-likeness (QED) is 0.859. The van der Waals surface area contributed by atoms with E-state index in [2.05, 4.69) is 6.07 Å². The summed E-state index contributed by atoms with van der Waals surface area (Å²) in [7, 11) is 0. The highest BCUT2D eigenvalue weighted by molar-refractivity contribution is 7.13. The zero-order valence-electron chi connectivity index (χ0n) is 8.01. The van der Waals surface area contributed by atoms with E-state index in [1.54, 1.807) is 11.3 Å². The molecule has 2 aromatic rings. The first-order valence-electron chi connectivity index (χ1n) is 4.60. The Kier molecular flexibility index (Phi) is 2.83. The summed E-state index contributed by atoms with van der Waals surface area (Å²) in [5, 5.41) is 10.7. The van der Waals surface area contributed by atoms with Gasteiger partial charge < -0.3 is 5.11 Å². The van der Waals surface area contributed by atoms with Gasteiger partial charge in [-0.2, -0.15) is 0 Å². The molecule has 2 rings (SSSR count). The van der Waals surface area contributed by atoms with Crippen LogP contribution in [0.2, 0.25) is 0 Å². The molecule has 3 heteroatoms. The number of aliphatic carboxylic acids is 1. The van der Waals surface area contributed by atoms with Crippen molar-refractivity contribution in [3.63, 3.8) is 0 Å². The second kappa shape index (κ2) is 4.28. The van der Waals surface area contributed by atoms with Crippen molar-refractivity contribution in [1.29, 1.82) is 0 Å². The van der Waals surface area contributed by atoms with E-state index in [1.165, 1.54) is 4.88 Å². The van der Waals surface area contributed by atoms with Gasteiger partial charge in [0.05, 0.1) is 6.42 Å². The van der Waals surface area contributed by atoms with E-state index >= 15 is 0 Å². The van der Waals surface area contributed by atoms with Gasteiger partial charge in [0.1, 0.15) is 0 Å². The SMILES string of the molecule is O=C(O)Cc1ccc(-c2cccs2)cc1. The maximum atomic E-state index is 10.5. The van der Waals surface area contributed by atoms with Crippen LogP contribution in [0, 0.1) is 0 Å². The lowest BCUT2D eigenvalue weighted by Gasteiger charge is -1.99. The van der Waals surface area contributed by atoms with Crippen molar-refractivity contribution in [2.75, 3.05) is 0 Å². The van der Waals surface area contributed by atoms with Crippen LogP contribution in [0.3, 0.4) is 0 Å². The Labute approximate surface area is 91.8 Å². The van der Waals surface area contributed by atoms with Crippen molar-refractivity contribution in [1.82, 2.24) is 0 Å². The lowest BCUT2D eigenvalue weighted by Crippen LogP contribution is -1.99. The van der Waals surface area contributed by atoms with Crippen LogP contribution in [-0.2, 0) is 11.2 Å². The van der Waals surface area contributed by atoms with E-state index in [-0.39, 0.29) is 6.42 Å². The average Bonchev–Trinajstić information content (AvgIpc) is 2.71. The number of carboxylic acid groups (broad SMARTS) is 1. The van der Waals surface area contributed by atoms with Crippen LogP contribution in [0.1, 0.15) is 5.56 Å². The Morgan fingerprint density at radius 1 is 1.20 bits per heavy atom. The van der Waals surface area contributed by atoms with Crippen LogP contribution in [0.5, 0.6) is 0 Å². The van der Waals surface area contributed by atoms with E-state index in [0.717, 1.165) is 11.1 Å². The summed E-state index contributed by atoms with van der Waals surface area (Å²) in [4.78, 5) is 11.7. The number of hydrogen-bond acceptors (Lipinski definition) is 2. The van der Waals surface area contributed by atoms with Crippen molar-refractivity contribution >= 4 is 17.3 Å². The Bertz CT molecular complexity index is 443. The van der Waals surface area contributed by atoms with E-state index < -0.39 is 5.97 Å². The second-order valence-corrected chi connectivity index (χ2v) is 4.19. The summed E-state index contributed by atoms with van der Waals surface area (Å²) in [6.07, 6.45) is 0.0880. The van der Waals surface area contributed by atoms with Crippen LogP contribution in [0.4, 0.5) is 0 Å². The molecule has 1 heterocycles. The standard InChI is InChI=1S/C12H10O2S/c13-12(14)8-9-3-5-10(6-4-9)11-2-1-7-15-11/h1-7H,8H2,(H,13,14). The number of hydrogen-bond donors (Lipinski definition) is 1. The monoisotopic (exact) mass is 218 g/mol. The molecule has 0 aliphatic carbocycles. The Morgan fingerprint density at radius 3 is 2.47 bits per heavy atom. The third-order valence-electron chi connectivity index (χ3n) is 2.11. The third kappa shape index (κ3) is 2.44. The largest absolute Gasteiger partial charge is 0.481 e. The van der Waals surface area contributed by atoms with Crippen LogP contribution < -0.4 is 0 Å². The maximum Gasteiger partial charge on any atom is 0.307 e. The van der Waals surface area contributed by atoms with Crippen molar-refractivity contribution < 1.29 is 9.90 Å². The molecule has 0 bridgehead atoms. The van der Waals surface area contributed by atoms with Gasteiger partial charge in [0.25, 0.3) is 0 Å². The van der Waals surface area contributed by atoms with Gasteiger partial charge in [0, 0.05) is 4.88 Å². The summed E-state index contributed by atoms with van der Waals surface area (Å²) in [6, 6.07) is 11.7. The van der Waals surface area contributed by atoms with E-state index in [4.69, 9.17) is 5.11 Å². The molecular formula is C12H10O2S. The van der Waals surface area contributed by atoms with Crippen molar-refractivity contribution in [3.8, 4) is 10.4 Å². The normalized spacial score (nSPS) is 10.1. The first-order chi connectivity index (χ1) is 7.25. The van der Waals surface area contributed by atoms with Crippen molar-refractivity contribution in [2.24, 2.45) is 0 Å². The molecule has 76 valence electrons. The van der Waals surface area contributed by atoms with Crippen LogP contribution in [0.15, 0.2) is 41.8 Å². The van der Waals surface area contributed by atoms with E-state index in [0.29, 0.717) is 0 Å². The minimum Gasteiger partial charge on any atom is -0.481 e. The minimum atomic E-state index is -0.793. The molecule has 0 spiro atoms. The van der Waals surface area contributed by atoms with E-state index in [9.17, 15) is 4.79 Å². The highest BCUT2D eigenvalue weighted by Crippen LogP contribution is 2.24. The van der Waals surface area contributed by atoms with Gasteiger partial charge in [-0.25, -0.2) is 0 Å². The molecule has 0 unspecified atom stereocenters. The average molecular weight is 218 g/mol. The van der Waals surface area contributed by atoms with Crippen molar-refractivity contribution in [3.05, 3.63) is 47.3 Å². The van der Waals surface area contributed by atoms with Gasteiger partial charge in [-0.15, -0.1) is 11.3 Å². The molecular weight excluding hydrogens is 208 g/mol. The first-order valence-corrected chi connectivity index (χ1v) is 5.48. The maximum absolute atomic E-state index is 10.5. The molecule has 0 aliphatic rings. The van der Waals surface area contributed by atoms with E-state index in [1.807, 2.05) is 35.7 Å². The van der Waals surface area contributed by atoms with Crippen LogP contribution >= 0.6 is 11.3 Å². The molecule has 1 aromatic heterocycles. The summed E-state index contributed by atoms with van der Waals surface area (Å²) < 4.78 is 0. The van der Waals surface area contributed by atoms with Gasteiger partial charge in [-0.05, 0) is 22.6 Å². The zero-order chi connectivity index (χ0) is 10.7. The van der Waals surface area contributed by atoms with Gasteiger partial charge in [0.2, 0.25) is 0 Å². The summed E-state index contributed by atoms with van der Waals surface area (Å²) >= 11 is 1.68. The highest BCUT2D eigenvalue weighted by atomic mass is 32.1. The lowest BCUT2D eigenvalue weighted by molar-refractivity contribution is -0.136. The molecule has 0 amide bonds. The fourth-order valence-electron chi connectivity index (χ4n) is 1.40. The highest BCUT2D eigenvalue weighted by Gasteiger charge is 2.01. The molecule has 0 fully saturated rings. The minimum absolute atomic E-state index is 0.0880. The van der Waals surface area contributed by atoms with Crippen LogP contribution in [-0.4, -0.2) is 11.1 Å². The van der Waals surface area contributed by atoms with Gasteiger partial charge >= 0.3 is 5.97 Å². The summed E-state index contributed by atoms with van der Waals surface area (Å²) in [6.45, 7) is 0. The number of carbonyl (C=O) groups is 1. The summed E-state index contributed by atoms with van der Waals surface area (Å²) in [5.74, 6) is -0.793. The second-order valence-electron chi connectivity index (χ2n) is 3.24. The summed E-state index contributed by atoms with van der Waals surface area (Å²) in [5.41, 5.74) is 1.97. The van der Waals surface area contributed by atoms with Gasteiger partial charge in [0.15, 0.2) is 0 Å². The molecule has 1 N–H and O–H groups in total. The molecule has 2 nitrogen and oxygen atoms in total. The predicted octanol–water partition coefficient (Wildman–Crippen LogP) is 3.04. The predicted molar refractivity (Wildman–Crippen MR) is 61.1 cm³/mol. The lowest BCUT2D eigenvalue weighted by atomic mass is 10.1. The topological polar surface area (TPSA) is 37.3 Å². The molecule has 0 saturated heterocycles.